The first kappa shape index (κ1) is 20.7. The Morgan fingerprint density at radius 3 is 2.86 bits per heavy atom. The Morgan fingerprint density at radius 1 is 1.34 bits per heavy atom. The van der Waals surface area contributed by atoms with Gasteiger partial charge in [0.2, 0.25) is 0 Å². The Labute approximate surface area is 169 Å². The van der Waals surface area contributed by atoms with Crippen LogP contribution in [0.15, 0.2) is 36.5 Å². The summed E-state index contributed by atoms with van der Waals surface area (Å²) >= 11 is 0. The Balaban J connectivity index is 1.51. The molecule has 7 nitrogen and oxygen atoms in total. The molecule has 2 heterocycles. The van der Waals surface area contributed by atoms with Crippen LogP contribution in [0.1, 0.15) is 30.2 Å². The van der Waals surface area contributed by atoms with Gasteiger partial charge in [0, 0.05) is 30.5 Å². The molecule has 3 rings (SSSR count). The second-order valence-electron chi connectivity index (χ2n) is 6.96. The molecule has 1 aromatic heterocycles. The fourth-order valence-corrected chi connectivity index (χ4v) is 3.05. The maximum absolute atomic E-state index is 14.8. The van der Waals surface area contributed by atoms with Crippen molar-refractivity contribution in [3.8, 4) is 0 Å². The number of carbonyl (C=O) groups excluding carboxylic acids is 1. The van der Waals surface area contributed by atoms with Crippen molar-refractivity contribution >= 4 is 17.5 Å². The summed E-state index contributed by atoms with van der Waals surface area (Å²) in [6.45, 7) is 3.56. The molecule has 3 N–H and O–H groups in total. The van der Waals surface area contributed by atoms with Gasteiger partial charge in [0.1, 0.15) is 18.9 Å². The quantitative estimate of drug-likeness (QED) is 0.381. The summed E-state index contributed by atoms with van der Waals surface area (Å²) in [5.74, 6) is -1.35. The third kappa shape index (κ3) is 5.51. The number of pyridine rings is 1. The van der Waals surface area contributed by atoms with E-state index >= 15 is 0 Å². The number of nitrogens with zero attached hydrogens (tertiary/aromatic N) is 2. The first-order chi connectivity index (χ1) is 14.0. The van der Waals surface area contributed by atoms with Crippen LogP contribution in [0.5, 0.6) is 0 Å². The average Bonchev–Trinajstić information content (AvgIpc) is 2.66. The zero-order valence-corrected chi connectivity index (χ0v) is 16.4. The highest BCUT2D eigenvalue weighted by Crippen LogP contribution is 2.28. The first-order valence-corrected chi connectivity index (χ1v) is 9.52. The summed E-state index contributed by atoms with van der Waals surface area (Å²) in [5.41, 5.74) is 8.01. The van der Waals surface area contributed by atoms with Crippen LogP contribution in [0.2, 0.25) is 0 Å². The molecule has 1 aromatic carbocycles. The van der Waals surface area contributed by atoms with Crippen LogP contribution in [0.25, 0.3) is 0 Å². The lowest BCUT2D eigenvalue weighted by molar-refractivity contribution is -0.143. The van der Waals surface area contributed by atoms with Crippen LogP contribution >= 0.6 is 0 Å². The number of amidine groups is 1. The second-order valence-corrected chi connectivity index (χ2v) is 6.96. The van der Waals surface area contributed by atoms with Crippen molar-refractivity contribution in [1.82, 2.24) is 4.98 Å². The van der Waals surface area contributed by atoms with Crippen molar-refractivity contribution in [1.29, 1.82) is 5.41 Å². The number of hydrogen-bond acceptors (Lipinski definition) is 6. The maximum atomic E-state index is 14.8. The lowest BCUT2D eigenvalue weighted by Crippen LogP contribution is -2.52. The molecule has 8 heteroatoms. The zero-order chi connectivity index (χ0) is 20.8. The van der Waals surface area contributed by atoms with E-state index in [1.165, 1.54) is 0 Å². The van der Waals surface area contributed by atoms with Crippen LogP contribution in [0, 0.1) is 11.2 Å². The predicted molar refractivity (Wildman–Crippen MR) is 107 cm³/mol. The molecule has 0 unspecified atom stereocenters. The third-order valence-corrected chi connectivity index (χ3v) is 4.70. The van der Waals surface area contributed by atoms with E-state index < -0.39 is 11.8 Å². The van der Waals surface area contributed by atoms with E-state index in [1.54, 1.807) is 24.4 Å². The molecular formula is C21H25FN4O3. The molecule has 0 spiro atoms. The molecule has 29 heavy (non-hydrogen) atoms. The van der Waals surface area contributed by atoms with Crippen LogP contribution in [0.3, 0.4) is 0 Å². The molecule has 0 bridgehead atoms. The van der Waals surface area contributed by atoms with E-state index in [0.29, 0.717) is 25.4 Å². The van der Waals surface area contributed by atoms with Crippen molar-refractivity contribution in [2.24, 2.45) is 5.73 Å². The number of nitrogens with two attached hydrogens (primary N) is 1. The Kier molecular flexibility index (Phi) is 6.77. The molecular weight excluding hydrogens is 375 g/mol. The van der Waals surface area contributed by atoms with Gasteiger partial charge in [-0.2, -0.15) is 0 Å². The smallest absolute Gasteiger partial charge is 0.313 e. The number of esters is 1. The van der Waals surface area contributed by atoms with Crippen molar-refractivity contribution in [3.05, 3.63) is 59.2 Å². The molecule has 1 aliphatic rings. The second kappa shape index (κ2) is 9.47. The lowest BCUT2D eigenvalue weighted by atomic mass is 10.1. The van der Waals surface area contributed by atoms with Gasteiger partial charge in [-0.25, -0.2) is 4.39 Å². The third-order valence-electron chi connectivity index (χ3n) is 4.70. The zero-order valence-electron chi connectivity index (χ0n) is 16.4. The van der Waals surface area contributed by atoms with Crippen molar-refractivity contribution in [2.45, 2.75) is 39.1 Å². The molecule has 1 fully saturated rings. The van der Waals surface area contributed by atoms with Gasteiger partial charge < -0.3 is 20.1 Å². The average molecular weight is 400 g/mol. The molecule has 0 atom stereocenters. The molecule has 0 amide bonds. The normalized spacial score (nSPS) is 13.8. The molecule has 0 saturated carbocycles. The number of halogens is 1. The van der Waals surface area contributed by atoms with Gasteiger partial charge in [0.15, 0.2) is 5.82 Å². The van der Waals surface area contributed by atoms with Crippen LogP contribution in [-0.2, 0) is 33.9 Å². The SMILES string of the molecule is CCc1cc(COC2CN(c3cccc(COC(=O)CC(=N)N)c3F)C2)ccn1. The fraction of sp³-hybridized carbons (Fsp3) is 0.381. The standard InChI is InChI=1S/C21H25FN4O3/c1-2-16-8-14(6-7-25-16)12-28-17-10-26(11-17)18-5-3-4-15(21(18)22)13-29-20(27)9-19(23)24/h3-8,17H,2,9-13H2,1H3,(H3,23,24). The minimum atomic E-state index is -0.651. The molecule has 2 aromatic rings. The molecule has 1 saturated heterocycles. The van der Waals surface area contributed by atoms with Crippen LogP contribution < -0.4 is 10.6 Å². The largest absolute Gasteiger partial charge is 0.460 e. The number of ether oxygens (including phenoxy) is 2. The fourth-order valence-electron chi connectivity index (χ4n) is 3.05. The minimum Gasteiger partial charge on any atom is -0.460 e. The highest BCUT2D eigenvalue weighted by molar-refractivity contribution is 5.94. The molecule has 1 aliphatic heterocycles. The molecule has 0 aliphatic carbocycles. The van der Waals surface area contributed by atoms with E-state index in [-0.39, 0.29) is 30.5 Å². The van der Waals surface area contributed by atoms with E-state index in [0.717, 1.165) is 17.7 Å². The Morgan fingerprint density at radius 2 is 2.14 bits per heavy atom. The summed E-state index contributed by atoms with van der Waals surface area (Å²) in [6.07, 6.45) is 2.40. The number of aryl methyl sites for hydroxylation is 1. The monoisotopic (exact) mass is 400 g/mol. The number of aromatic nitrogens is 1. The van der Waals surface area contributed by atoms with Crippen molar-refractivity contribution in [3.63, 3.8) is 0 Å². The van der Waals surface area contributed by atoms with Gasteiger partial charge in [-0.05, 0) is 30.2 Å². The van der Waals surface area contributed by atoms with Crippen molar-refractivity contribution in [2.75, 3.05) is 18.0 Å². The number of rotatable bonds is 9. The van der Waals surface area contributed by atoms with E-state index in [2.05, 4.69) is 11.9 Å². The van der Waals surface area contributed by atoms with E-state index in [1.807, 2.05) is 17.0 Å². The summed E-state index contributed by atoms with van der Waals surface area (Å²) in [6, 6.07) is 8.97. The summed E-state index contributed by atoms with van der Waals surface area (Å²) in [4.78, 5) is 17.7. The minimum absolute atomic E-state index is 0.0321. The highest BCUT2D eigenvalue weighted by Gasteiger charge is 2.30. The van der Waals surface area contributed by atoms with Gasteiger partial charge >= 0.3 is 5.97 Å². The molecule has 0 radical (unpaired) electrons. The Bertz CT molecular complexity index is 884. The van der Waals surface area contributed by atoms with Crippen LogP contribution in [-0.4, -0.2) is 36.0 Å². The number of benzene rings is 1. The number of anilines is 1. The van der Waals surface area contributed by atoms with Gasteiger partial charge in [0.05, 0.1) is 18.4 Å². The maximum Gasteiger partial charge on any atom is 0.313 e. The van der Waals surface area contributed by atoms with Crippen LogP contribution in [0.4, 0.5) is 10.1 Å². The van der Waals surface area contributed by atoms with E-state index in [9.17, 15) is 9.18 Å². The van der Waals surface area contributed by atoms with Gasteiger partial charge in [-0.3, -0.25) is 15.2 Å². The topological polar surface area (TPSA) is 102 Å². The predicted octanol–water partition coefficient (Wildman–Crippen LogP) is 2.56. The Hall–Kier alpha value is -3.00. The highest BCUT2D eigenvalue weighted by atomic mass is 19.1. The van der Waals surface area contributed by atoms with Gasteiger partial charge in [-0.1, -0.05) is 19.1 Å². The van der Waals surface area contributed by atoms with E-state index in [4.69, 9.17) is 20.6 Å². The van der Waals surface area contributed by atoms with Crippen molar-refractivity contribution < 1.29 is 18.7 Å². The van der Waals surface area contributed by atoms with Gasteiger partial charge in [-0.15, -0.1) is 0 Å². The number of carbonyl (C=O) groups is 1. The molecule has 154 valence electrons. The first-order valence-electron chi connectivity index (χ1n) is 9.52. The summed E-state index contributed by atoms with van der Waals surface area (Å²) < 4.78 is 25.7. The number of hydrogen-bond donors (Lipinski definition) is 2. The summed E-state index contributed by atoms with van der Waals surface area (Å²) in [7, 11) is 0. The summed E-state index contributed by atoms with van der Waals surface area (Å²) in [5, 5.41) is 7.08. The number of nitrogens with one attached hydrogen (secondary N) is 1. The van der Waals surface area contributed by atoms with Gasteiger partial charge in [0.25, 0.3) is 0 Å². The lowest BCUT2D eigenvalue weighted by Gasteiger charge is -2.41.